The Bertz CT molecular complexity index is 878. The number of hydrogen-bond acceptors (Lipinski definition) is 5. The fraction of sp³-hybridized carbons (Fsp3) is 0.263. The minimum atomic E-state index is -0.106. The minimum Gasteiger partial charge on any atom is -0.492 e. The van der Waals surface area contributed by atoms with Gasteiger partial charge in [-0.05, 0) is 30.7 Å². The summed E-state index contributed by atoms with van der Waals surface area (Å²) in [6.07, 6.45) is 0.495. The smallest absolute Gasteiger partial charge is 0.262 e. The quantitative estimate of drug-likeness (QED) is 0.616. The van der Waals surface area contributed by atoms with Crippen molar-refractivity contribution < 1.29 is 9.84 Å². The monoisotopic (exact) mass is 339 g/mol. The molecule has 0 unspecified atom stereocenters. The first-order chi connectivity index (χ1) is 12.3. The number of hydrogen-bond donors (Lipinski definition) is 2. The molecule has 6 heteroatoms. The van der Waals surface area contributed by atoms with E-state index in [9.17, 15) is 4.79 Å². The summed E-state index contributed by atoms with van der Waals surface area (Å²) in [6, 6.07) is 16.8. The number of para-hydroxylation sites is 2. The van der Waals surface area contributed by atoms with Crippen LogP contribution in [-0.2, 0) is 6.54 Å². The third kappa shape index (κ3) is 4.16. The number of ether oxygens (including phenoxy) is 1. The molecule has 1 heterocycles. The molecule has 0 fully saturated rings. The second-order valence-electron chi connectivity index (χ2n) is 5.57. The van der Waals surface area contributed by atoms with Crippen molar-refractivity contribution in [3.63, 3.8) is 0 Å². The molecule has 0 saturated heterocycles. The van der Waals surface area contributed by atoms with Gasteiger partial charge in [0.15, 0.2) is 0 Å². The first-order valence-electron chi connectivity index (χ1n) is 8.32. The highest BCUT2D eigenvalue weighted by atomic mass is 16.5. The van der Waals surface area contributed by atoms with Crippen molar-refractivity contribution in [2.45, 2.75) is 13.0 Å². The lowest BCUT2D eigenvalue weighted by Gasteiger charge is -2.14. The molecule has 0 radical (unpaired) electrons. The van der Waals surface area contributed by atoms with Crippen LogP contribution in [0.25, 0.3) is 10.9 Å². The van der Waals surface area contributed by atoms with Gasteiger partial charge < -0.3 is 15.2 Å². The fourth-order valence-corrected chi connectivity index (χ4v) is 2.59. The summed E-state index contributed by atoms with van der Waals surface area (Å²) in [7, 11) is 0. The van der Waals surface area contributed by atoms with E-state index in [0.29, 0.717) is 43.0 Å². The Hall–Kier alpha value is -2.86. The SMILES string of the molecule is O=c1c2ccccc2nc(NCCOc2ccccc2)n1CCCO. The van der Waals surface area contributed by atoms with Crippen LogP contribution in [0.4, 0.5) is 5.95 Å². The largest absolute Gasteiger partial charge is 0.492 e. The number of nitrogens with zero attached hydrogens (tertiary/aromatic N) is 2. The van der Waals surface area contributed by atoms with Crippen LogP contribution >= 0.6 is 0 Å². The van der Waals surface area contributed by atoms with Gasteiger partial charge in [-0.1, -0.05) is 30.3 Å². The second kappa shape index (κ2) is 8.30. The van der Waals surface area contributed by atoms with Crippen LogP contribution in [-0.4, -0.2) is 34.4 Å². The van der Waals surface area contributed by atoms with Gasteiger partial charge in [-0.2, -0.15) is 0 Å². The Balaban J connectivity index is 1.75. The number of fused-ring (bicyclic) bond motifs is 1. The Morgan fingerprint density at radius 3 is 2.64 bits per heavy atom. The molecule has 2 N–H and O–H groups in total. The molecule has 0 aliphatic heterocycles. The van der Waals surface area contributed by atoms with Crippen LogP contribution < -0.4 is 15.6 Å². The van der Waals surface area contributed by atoms with Gasteiger partial charge in [0.2, 0.25) is 5.95 Å². The number of nitrogens with one attached hydrogen (secondary N) is 1. The van der Waals surface area contributed by atoms with Crippen LogP contribution in [0.2, 0.25) is 0 Å². The fourth-order valence-electron chi connectivity index (χ4n) is 2.59. The van der Waals surface area contributed by atoms with E-state index in [-0.39, 0.29) is 12.2 Å². The van der Waals surface area contributed by atoms with Gasteiger partial charge in [0.25, 0.3) is 5.56 Å². The standard InChI is InChI=1S/C19H21N3O3/c23-13-6-12-22-18(24)16-9-4-5-10-17(16)21-19(22)20-11-14-25-15-7-2-1-3-8-15/h1-5,7-10,23H,6,11-14H2,(H,20,21). The van der Waals surface area contributed by atoms with E-state index in [0.717, 1.165) is 5.75 Å². The lowest BCUT2D eigenvalue weighted by atomic mass is 10.2. The summed E-state index contributed by atoms with van der Waals surface area (Å²) in [4.78, 5) is 17.2. The maximum absolute atomic E-state index is 12.7. The van der Waals surface area contributed by atoms with Crippen molar-refractivity contribution in [3.05, 3.63) is 65.0 Å². The normalized spacial score (nSPS) is 10.8. The number of benzene rings is 2. The van der Waals surface area contributed by atoms with E-state index in [1.807, 2.05) is 48.5 Å². The second-order valence-corrected chi connectivity index (χ2v) is 5.57. The molecule has 25 heavy (non-hydrogen) atoms. The summed E-state index contributed by atoms with van der Waals surface area (Å²) in [5.74, 6) is 1.29. The van der Waals surface area contributed by atoms with Crippen LogP contribution in [0.3, 0.4) is 0 Å². The van der Waals surface area contributed by atoms with Crippen LogP contribution in [0.5, 0.6) is 5.75 Å². The van der Waals surface area contributed by atoms with Gasteiger partial charge in [0.1, 0.15) is 12.4 Å². The first-order valence-corrected chi connectivity index (χ1v) is 8.32. The summed E-state index contributed by atoms with van der Waals surface area (Å²) in [6.45, 7) is 1.40. The van der Waals surface area contributed by atoms with Crippen molar-refractivity contribution in [3.8, 4) is 5.75 Å². The number of aliphatic hydroxyl groups is 1. The molecular weight excluding hydrogens is 318 g/mol. The molecule has 3 aromatic rings. The predicted molar refractivity (Wildman–Crippen MR) is 98.1 cm³/mol. The van der Waals surface area contributed by atoms with Crippen molar-refractivity contribution in [1.29, 1.82) is 0 Å². The summed E-state index contributed by atoms with van der Waals surface area (Å²) in [5, 5.41) is 12.8. The Labute approximate surface area is 145 Å². The lowest BCUT2D eigenvalue weighted by Crippen LogP contribution is -2.27. The van der Waals surface area contributed by atoms with Crippen molar-refractivity contribution >= 4 is 16.9 Å². The van der Waals surface area contributed by atoms with E-state index >= 15 is 0 Å². The van der Waals surface area contributed by atoms with Gasteiger partial charge >= 0.3 is 0 Å². The molecule has 0 atom stereocenters. The molecule has 130 valence electrons. The Morgan fingerprint density at radius 2 is 1.84 bits per heavy atom. The van der Waals surface area contributed by atoms with E-state index in [2.05, 4.69) is 10.3 Å². The van der Waals surface area contributed by atoms with Gasteiger partial charge in [-0.25, -0.2) is 4.98 Å². The number of rotatable bonds is 8. The van der Waals surface area contributed by atoms with E-state index < -0.39 is 0 Å². The molecular formula is C19H21N3O3. The zero-order valence-electron chi connectivity index (χ0n) is 13.9. The molecule has 1 aromatic heterocycles. The molecule has 6 nitrogen and oxygen atoms in total. The summed E-state index contributed by atoms with van der Waals surface area (Å²) >= 11 is 0. The lowest BCUT2D eigenvalue weighted by molar-refractivity contribution is 0.279. The Kier molecular flexibility index (Phi) is 5.64. The zero-order valence-corrected chi connectivity index (χ0v) is 13.9. The number of aromatic nitrogens is 2. The van der Waals surface area contributed by atoms with Crippen molar-refractivity contribution in [2.75, 3.05) is 25.1 Å². The van der Waals surface area contributed by atoms with Crippen LogP contribution in [0.15, 0.2) is 59.4 Å². The van der Waals surface area contributed by atoms with E-state index in [4.69, 9.17) is 9.84 Å². The maximum Gasteiger partial charge on any atom is 0.262 e. The molecule has 0 amide bonds. The molecule has 2 aromatic carbocycles. The number of anilines is 1. The van der Waals surface area contributed by atoms with E-state index in [1.165, 1.54) is 0 Å². The van der Waals surface area contributed by atoms with Crippen molar-refractivity contribution in [2.24, 2.45) is 0 Å². The van der Waals surface area contributed by atoms with Crippen molar-refractivity contribution in [1.82, 2.24) is 9.55 Å². The third-order valence-electron chi connectivity index (χ3n) is 3.80. The van der Waals surface area contributed by atoms with E-state index in [1.54, 1.807) is 10.6 Å². The molecule has 0 aliphatic carbocycles. The highest BCUT2D eigenvalue weighted by Gasteiger charge is 2.10. The average Bonchev–Trinajstić information content (AvgIpc) is 2.66. The summed E-state index contributed by atoms with van der Waals surface area (Å²) < 4.78 is 7.22. The first kappa shape index (κ1) is 17.0. The predicted octanol–water partition coefficient (Wildman–Crippen LogP) is 2.27. The molecule has 3 rings (SSSR count). The van der Waals surface area contributed by atoms with Gasteiger partial charge in [-0.15, -0.1) is 0 Å². The minimum absolute atomic E-state index is 0.0236. The zero-order chi connectivity index (χ0) is 17.5. The van der Waals surface area contributed by atoms with Crippen LogP contribution in [0, 0.1) is 0 Å². The van der Waals surface area contributed by atoms with Gasteiger partial charge in [0.05, 0.1) is 17.4 Å². The topological polar surface area (TPSA) is 76.4 Å². The highest BCUT2D eigenvalue weighted by molar-refractivity contribution is 5.78. The third-order valence-corrected chi connectivity index (χ3v) is 3.80. The number of aliphatic hydroxyl groups excluding tert-OH is 1. The summed E-state index contributed by atoms with van der Waals surface area (Å²) in [5.41, 5.74) is 0.546. The average molecular weight is 339 g/mol. The maximum atomic E-state index is 12.7. The highest BCUT2D eigenvalue weighted by Crippen LogP contribution is 2.12. The molecule has 0 aliphatic rings. The van der Waals surface area contributed by atoms with Crippen LogP contribution in [0.1, 0.15) is 6.42 Å². The molecule has 0 spiro atoms. The Morgan fingerprint density at radius 1 is 1.08 bits per heavy atom. The molecule has 0 saturated carbocycles. The molecule has 0 bridgehead atoms. The van der Waals surface area contributed by atoms with Gasteiger partial charge in [0, 0.05) is 13.2 Å². The van der Waals surface area contributed by atoms with Gasteiger partial charge in [-0.3, -0.25) is 9.36 Å².